The van der Waals surface area contributed by atoms with Crippen LogP contribution in [0, 0.1) is 19.8 Å². The maximum Gasteiger partial charge on any atom is 0.191 e. The highest BCUT2D eigenvalue weighted by molar-refractivity contribution is 14.0. The van der Waals surface area contributed by atoms with Gasteiger partial charge in [0.2, 0.25) is 0 Å². The number of guanidine groups is 1. The summed E-state index contributed by atoms with van der Waals surface area (Å²) in [5, 5.41) is 11.3. The van der Waals surface area contributed by atoms with E-state index in [9.17, 15) is 0 Å². The van der Waals surface area contributed by atoms with Crippen molar-refractivity contribution < 1.29 is 0 Å². The number of aromatic nitrogens is 2. The lowest BCUT2D eigenvalue weighted by molar-refractivity contribution is 0.489. The van der Waals surface area contributed by atoms with E-state index < -0.39 is 0 Å². The summed E-state index contributed by atoms with van der Waals surface area (Å²) in [6, 6.07) is 0.440. The van der Waals surface area contributed by atoms with Crippen LogP contribution in [-0.2, 0) is 13.5 Å². The first-order chi connectivity index (χ1) is 10.3. The van der Waals surface area contributed by atoms with Gasteiger partial charge in [0.05, 0.1) is 5.69 Å². The lowest BCUT2D eigenvalue weighted by atomic mass is 10.0. The highest BCUT2D eigenvalue weighted by atomic mass is 127. The lowest BCUT2D eigenvalue weighted by Crippen LogP contribution is -2.43. The molecule has 0 aliphatic heterocycles. The number of hydrogen-bond donors (Lipinski definition) is 2. The number of nitrogens with one attached hydrogen (secondary N) is 2. The van der Waals surface area contributed by atoms with Crippen molar-refractivity contribution in [3.63, 3.8) is 0 Å². The zero-order chi connectivity index (χ0) is 16.7. The van der Waals surface area contributed by atoms with Crippen molar-refractivity contribution in [2.24, 2.45) is 18.0 Å². The molecular formula is C17H34IN5. The van der Waals surface area contributed by atoms with Crippen LogP contribution in [0.1, 0.15) is 50.6 Å². The van der Waals surface area contributed by atoms with Crippen LogP contribution in [0.15, 0.2) is 4.99 Å². The third-order valence-corrected chi connectivity index (χ3v) is 4.11. The third-order valence-electron chi connectivity index (χ3n) is 4.11. The van der Waals surface area contributed by atoms with Gasteiger partial charge in [0.15, 0.2) is 5.96 Å². The van der Waals surface area contributed by atoms with Gasteiger partial charge in [-0.3, -0.25) is 9.67 Å². The Morgan fingerprint density at radius 2 is 1.87 bits per heavy atom. The van der Waals surface area contributed by atoms with E-state index in [-0.39, 0.29) is 24.0 Å². The normalized spacial score (nSPS) is 13.0. The van der Waals surface area contributed by atoms with Crippen molar-refractivity contribution >= 4 is 29.9 Å². The molecule has 6 heteroatoms. The van der Waals surface area contributed by atoms with Crippen LogP contribution in [0.5, 0.6) is 0 Å². The molecule has 0 fully saturated rings. The fourth-order valence-corrected chi connectivity index (χ4v) is 2.57. The van der Waals surface area contributed by atoms with Crippen LogP contribution >= 0.6 is 24.0 Å². The van der Waals surface area contributed by atoms with Crippen LogP contribution in [0.2, 0.25) is 0 Å². The predicted molar refractivity (Wildman–Crippen MR) is 110 cm³/mol. The Kier molecular flexibility index (Phi) is 10.5. The zero-order valence-corrected chi connectivity index (χ0v) is 18.1. The second kappa shape index (κ2) is 10.9. The third kappa shape index (κ3) is 7.54. The molecule has 0 bridgehead atoms. The Balaban J connectivity index is 0.00000484. The van der Waals surface area contributed by atoms with Crippen molar-refractivity contribution in [3.8, 4) is 0 Å². The number of aryl methyl sites for hydroxylation is 2. The minimum atomic E-state index is 0. The first kappa shape index (κ1) is 22.2. The molecule has 0 saturated heterocycles. The summed E-state index contributed by atoms with van der Waals surface area (Å²) >= 11 is 0. The largest absolute Gasteiger partial charge is 0.356 e. The van der Waals surface area contributed by atoms with Gasteiger partial charge in [0.1, 0.15) is 0 Å². The number of nitrogens with zero attached hydrogens (tertiary/aromatic N) is 3. The van der Waals surface area contributed by atoms with Crippen LogP contribution in [-0.4, -0.2) is 35.4 Å². The van der Waals surface area contributed by atoms with E-state index in [1.807, 2.05) is 18.8 Å². The second-order valence-electron chi connectivity index (χ2n) is 6.54. The molecule has 2 N–H and O–H groups in total. The van der Waals surface area contributed by atoms with Crippen molar-refractivity contribution in [2.45, 2.75) is 59.9 Å². The van der Waals surface area contributed by atoms with Gasteiger partial charge in [0, 0.05) is 32.4 Å². The molecule has 0 amide bonds. The average Bonchev–Trinajstić information content (AvgIpc) is 2.70. The van der Waals surface area contributed by atoms with Crippen LogP contribution in [0.25, 0.3) is 0 Å². The first-order valence-electron chi connectivity index (χ1n) is 8.31. The molecule has 1 rings (SSSR count). The fourth-order valence-electron chi connectivity index (χ4n) is 2.57. The monoisotopic (exact) mass is 435 g/mol. The molecular weight excluding hydrogens is 401 g/mol. The summed E-state index contributed by atoms with van der Waals surface area (Å²) in [6.07, 6.45) is 3.37. The van der Waals surface area contributed by atoms with E-state index in [4.69, 9.17) is 0 Å². The SMILES string of the molecule is CN=C(NCCc1c(C)nn(C)c1C)NC(C)CCC(C)C.I. The molecule has 23 heavy (non-hydrogen) atoms. The summed E-state index contributed by atoms with van der Waals surface area (Å²) < 4.78 is 1.95. The second-order valence-corrected chi connectivity index (χ2v) is 6.54. The van der Waals surface area contributed by atoms with Gasteiger partial charge in [-0.25, -0.2) is 0 Å². The van der Waals surface area contributed by atoms with E-state index in [2.05, 4.69) is 55.3 Å². The summed E-state index contributed by atoms with van der Waals surface area (Å²) in [5.41, 5.74) is 3.70. The molecule has 0 saturated carbocycles. The van der Waals surface area contributed by atoms with E-state index >= 15 is 0 Å². The molecule has 1 aromatic rings. The molecule has 0 aromatic carbocycles. The molecule has 5 nitrogen and oxygen atoms in total. The quantitative estimate of drug-likeness (QED) is 0.393. The van der Waals surface area contributed by atoms with Crippen molar-refractivity contribution in [1.29, 1.82) is 0 Å². The minimum Gasteiger partial charge on any atom is -0.356 e. The lowest BCUT2D eigenvalue weighted by Gasteiger charge is -2.18. The van der Waals surface area contributed by atoms with Gasteiger partial charge in [-0.15, -0.1) is 24.0 Å². The summed E-state index contributed by atoms with van der Waals surface area (Å²) in [5.74, 6) is 1.63. The molecule has 0 aliphatic carbocycles. The molecule has 134 valence electrons. The highest BCUT2D eigenvalue weighted by Gasteiger charge is 2.10. The summed E-state index contributed by atoms with van der Waals surface area (Å²) in [4.78, 5) is 4.31. The molecule has 0 radical (unpaired) electrons. The van der Waals surface area contributed by atoms with Crippen LogP contribution in [0.4, 0.5) is 0 Å². The van der Waals surface area contributed by atoms with Crippen LogP contribution < -0.4 is 10.6 Å². The molecule has 1 heterocycles. The van der Waals surface area contributed by atoms with Gasteiger partial charge in [-0.1, -0.05) is 13.8 Å². The molecule has 0 spiro atoms. The Labute approximate surface area is 158 Å². The van der Waals surface area contributed by atoms with Gasteiger partial charge in [-0.2, -0.15) is 5.10 Å². The summed E-state index contributed by atoms with van der Waals surface area (Å²) in [6.45, 7) is 11.8. The molecule has 1 atom stereocenters. The smallest absolute Gasteiger partial charge is 0.191 e. The van der Waals surface area contributed by atoms with Crippen LogP contribution in [0.3, 0.4) is 0 Å². The topological polar surface area (TPSA) is 54.2 Å². The number of aliphatic imine (C=N–C) groups is 1. The van der Waals surface area contributed by atoms with Crippen molar-refractivity contribution in [1.82, 2.24) is 20.4 Å². The Morgan fingerprint density at radius 3 is 2.35 bits per heavy atom. The number of halogens is 1. The first-order valence-corrected chi connectivity index (χ1v) is 8.31. The average molecular weight is 435 g/mol. The number of hydrogen-bond acceptors (Lipinski definition) is 2. The Morgan fingerprint density at radius 1 is 1.22 bits per heavy atom. The van der Waals surface area contributed by atoms with Gasteiger partial charge >= 0.3 is 0 Å². The standard InChI is InChI=1S/C17H33N5.HI/c1-12(2)8-9-13(3)20-17(18-6)19-11-10-16-14(4)21-22(7)15(16)5;/h12-13H,8-11H2,1-7H3,(H2,18,19,20);1H. The number of rotatable bonds is 7. The molecule has 0 aliphatic rings. The maximum absolute atomic E-state index is 4.46. The Bertz CT molecular complexity index is 493. The zero-order valence-electron chi connectivity index (χ0n) is 15.7. The van der Waals surface area contributed by atoms with Crippen molar-refractivity contribution in [3.05, 3.63) is 17.0 Å². The molecule has 1 aromatic heterocycles. The van der Waals surface area contributed by atoms with Gasteiger partial charge in [0.25, 0.3) is 0 Å². The maximum atomic E-state index is 4.46. The van der Waals surface area contributed by atoms with E-state index in [1.165, 1.54) is 24.1 Å². The van der Waals surface area contributed by atoms with E-state index in [0.717, 1.165) is 30.5 Å². The van der Waals surface area contributed by atoms with Crippen molar-refractivity contribution in [2.75, 3.05) is 13.6 Å². The van der Waals surface area contributed by atoms with E-state index in [1.54, 1.807) is 0 Å². The minimum absolute atomic E-state index is 0. The van der Waals surface area contributed by atoms with Gasteiger partial charge < -0.3 is 10.6 Å². The van der Waals surface area contributed by atoms with Gasteiger partial charge in [-0.05, 0) is 51.5 Å². The predicted octanol–water partition coefficient (Wildman–Crippen LogP) is 3.19. The summed E-state index contributed by atoms with van der Waals surface area (Å²) in [7, 11) is 3.82. The van der Waals surface area contributed by atoms with E-state index in [0.29, 0.717) is 6.04 Å². The fraction of sp³-hybridized carbons (Fsp3) is 0.765. The Hall–Kier alpha value is -0.790. The highest BCUT2D eigenvalue weighted by Crippen LogP contribution is 2.11. The molecule has 1 unspecified atom stereocenters.